The van der Waals surface area contributed by atoms with Crippen LogP contribution >= 0.6 is 11.3 Å². The molecule has 2 aromatic carbocycles. The maximum atomic E-state index is 13.0. The van der Waals surface area contributed by atoms with Crippen LogP contribution in [0.5, 0.6) is 0 Å². The van der Waals surface area contributed by atoms with Crippen LogP contribution in [0, 0.1) is 0 Å². The summed E-state index contributed by atoms with van der Waals surface area (Å²) in [5, 5.41) is 2.83. The average molecular weight is 362 g/mol. The third kappa shape index (κ3) is 2.21. The number of amides is 1. The van der Waals surface area contributed by atoms with Crippen LogP contribution < -0.4 is 25.1 Å². The minimum atomic E-state index is -0.234. The first kappa shape index (κ1) is 15.1. The normalized spacial score (nSPS) is 17.4. The zero-order valence-corrected chi connectivity index (χ0v) is 14.5. The number of carbonyl (C=O) groups excluding carboxylic acids is 1. The highest BCUT2D eigenvalue weighted by Crippen LogP contribution is 2.29. The van der Waals surface area contributed by atoms with Gasteiger partial charge >= 0.3 is 0 Å². The topological polar surface area (TPSA) is 66.7 Å². The fourth-order valence-corrected chi connectivity index (χ4v) is 4.36. The lowest BCUT2D eigenvalue weighted by atomic mass is 10.1. The molecule has 0 fully saturated rings. The standard InChI is InChI=1S/C19H14N4O2S/c24-17-15(13-8-4-5-9-14(13)21-17)16-18(25)23-11-22(10-20-19(23)26-16)12-6-2-1-3-7-12/h1-9H,10-11H2,(H,21,24)/b16-15+. The quantitative estimate of drug-likeness (QED) is 0.705. The first-order valence-electron chi connectivity index (χ1n) is 8.21. The lowest BCUT2D eigenvalue weighted by molar-refractivity contribution is -0.110. The van der Waals surface area contributed by atoms with Crippen molar-refractivity contribution in [3.63, 3.8) is 0 Å². The summed E-state index contributed by atoms with van der Waals surface area (Å²) in [4.78, 5) is 32.7. The number of rotatable bonds is 1. The second-order valence-electron chi connectivity index (χ2n) is 6.14. The molecule has 0 atom stereocenters. The molecule has 1 N–H and O–H groups in total. The number of benzene rings is 2. The molecule has 2 aliphatic heterocycles. The SMILES string of the molecule is O=C1Nc2ccccc2/C1=c1\sc2n(c1=O)CN(c1ccccc1)CN=2. The molecule has 6 nitrogen and oxygen atoms in total. The lowest BCUT2D eigenvalue weighted by Gasteiger charge is -2.25. The van der Waals surface area contributed by atoms with E-state index < -0.39 is 0 Å². The summed E-state index contributed by atoms with van der Waals surface area (Å²) in [6, 6.07) is 17.3. The Morgan fingerprint density at radius 3 is 2.62 bits per heavy atom. The van der Waals surface area contributed by atoms with Gasteiger partial charge in [-0.05, 0) is 18.2 Å². The summed E-state index contributed by atoms with van der Waals surface area (Å²) in [6.07, 6.45) is 0. The molecular weight excluding hydrogens is 348 g/mol. The van der Waals surface area contributed by atoms with Crippen LogP contribution in [0.3, 0.4) is 0 Å². The molecule has 128 valence electrons. The Kier molecular flexibility index (Phi) is 3.29. The van der Waals surface area contributed by atoms with Gasteiger partial charge in [0.1, 0.15) is 17.9 Å². The van der Waals surface area contributed by atoms with E-state index in [2.05, 4.69) is 10.3 Å². The van der Waals surface area contributed by atoms with Crippen molar-refractivity contribution in [3.05, 3.63) is 79.8 Å². The number of hydrogen-bond donors (Lipinski definition) is 1. The molecule has 3 aromatic rings. The Hall–Kier alpha value is -3.19. The molecule has 0 saturated carbocycles. The number of nitrogens with one attached hydrogen (secondary N) is 1. The second-order valence-corrected chi connectivity index (χ2v) is 7.12. The molecule has 7 heteroatoms. The molecule has 2 aliphatic rings. The maximum absolute atomic E-state index is 13.0. The highest BCUT2D eigenvalue weighted by molar-refractivity contribution is 7.07. The molecule has 0 radical (unpaired) electrons. The van der Waals surface area contributed by atoms with Crippen molar-refractivity contribution in [2.45, 2.75) is 6.67 Å². The van der Waals surface area contributed by atoms with Crippen LogP contribution in [-0.4, -0.2) is 17.1 Å². The zero-order valence-electron chi connectivity index (χ0n) is 13.7. The van der Waals surface area contributed by atoms with Crippen LogP contribution in [0.25, 0.3) is 5.57 Å². The zero-order chi connectivity index (χ0) is 17.7. The maximum Gasteiger partial charge on any atom is 0.272 e. The molecule has 0 aliphatic carbocycles. The Bertz CT molecular complexity index is 1210. The van der Waals surface area contributed by atoms with Crippen LogP contribution in [0.15, 0.2) is 64.4 Å². The van der Waals surface area contributed by atoms with Gasteiger partial charge < -0.3 is 10.2 Å². The summed E-state index contributed by atoms with van der Waals surface area (Å²) in [6.45, 7) is 0.913. The van der Waals surface area contributed by atoms with Gasteiger partial charge in [0, 0.05) is 16.9 Å². The number of carbonyl (C=O) groups is 1. The van der Waals surface area contributed by atoms with Crippen molar-refractivity contribution in [3.8, 4) is 0 Å². The largest absolute Gasteiger partial charge is 0.334 e. The monoisotopic (exact) mass is 362 g/mol. The molecule has 0 unspecified atom stereocenters. The summed E-state index contributed by atoms with van der Waals surface area (Å²) >= 11 is 1.28. The van der Waals surface area contributed by atoms with Crippen molar-refractivity contribution < 1.29 is 4.79 Å². The minimum absolute atomic E-state index is 0.170. The molecule has 1 aromatic heterocycles. The average Bonchev–Trinajstić information content (AvgIpc) is 3.18. The van der Waals surface area contributed by atoms with Gasteiger partial charge in [-0.1, -0.05) is 47.7 Å². The Morgan fingerprint density at radius 2 is 1.77 bits per heavy atom. The second kappa shape index (κ2) is 5.67. The fourth-order valence-electron chi connectivity index (χ4n) is 3.31. The van der Waals surface area contributed by atoms with E-state index in [4.69, 9.17) is 0 Å². The van der Waals surface area contributed by atoms with Gasteiger partial charge in [0.05, 0.1) is 5.57 Å². The molecule has 3 heterocycles. The summed E-state index contributed by atoms with van der Waals surface area (Å²) in [5.41, 5.74) is 2.80. The molecule has 1 amide bonds. The lowest BCUT2D eigenvalue weighted by Crippen LogP contribution is -2.43. The molecule has 0 bridgehead atoms. The number of aromatic nitrogens is 1. The van der Waals surface area contributed by atoms with Crippen molar-refractivity contribution in [1.29, 1.82) is 0 Å². The third-order valence-electron chi connectivity index (χ3n) is 4.57. The van der Waals surface area contributed by atoms with E-state index in [1.165, 1.54) is 11.3 Å². The van der Waals surface area contributed by atoms with E-state index in [1.54, 1.807) is 4.57 Å². The van der Waals surface area contributed by atoms with E-state index >= 15 is 0 Å². The van der Waals surface area contributed by atoms with Gasteiger partial charge in [-0.2, -0.15) is 0 Å². The van der Waals surface area contributed by atoms with Crippen molar-refractivity contribution >= 4 is 34.2 Å². The highest BCUT2D eigenvalue weighted by atomic mass is 32.1. The fraction of sp³-hybridized carbons (Fsp3) is 0.105. The molecule has 0 saturated heterocycles. The molecule has 26 heavy (non-hydrogen) atoms. The van der Waals surface area contributed by atoms with Gasteiger partial charge in [0.15, 0.2) is 4.80 Å². The smallest absolute Gasteiger partial charge is 0.272 e. The Labute approximate surface area is 152 Å². The van der Waals surface area contributed by atoms with Gasteiger partial charge in [0.25, 0.3) is 11.5 Å². The summed E-state index contributed by atoms with van der Waals surface area (Å²) in [5.74, 6) is -0.234. The van der Waals surface area contributed by atoms with Crippen LogP contribution in [-0.2, 0) is 11.5 Å². The van der Waals surface area contributed by atoms with E-state index in [1.807, 2.05) is 59.5 Å². The number of hydrogen-bond acceptors (Lipinski definition) is 5. The predicted molar refractivity (Wildman–Crippen MR) is 101 cm³/mol. The Balaban J connectivity index is 1.68. The van der Waals surface area contributed by atoms with Crippen LogP contribution in [0.1, 0.15) is 5.56 Å². The molecule has 5 rings (SSSR count). The highest BCUT2D eigenvalue weighted by Gasteiger charge is 2.27. The van der Waals surface area contributed by atoms with Gasteiger partial charge in [-0.25, -0.2) is 4.99 Å². The van der Waals surface area contributed by atoms with Gasteiger partial charge in [-0.15, -0.1) is 0 Å². The van der Waals surface area contributed by atoms with Gasteiger partial charge in [-0.3, -0.25) is 14.2 Å². The number of anilines is 2. The minimum Gasteiger partial charge on any atom is -0.334 e. The van der Waals surface area contributed by atoms with E-state index in [-0.39, 0.29) is 11.5 Å². The van der Waals surface area contributed by atoms with Crippen LogP contribution in [0.2, 0.25) is 0 Å². The van der Waals surface area contributed by atoms with Crippen molar-refractivity contribution in [1.82, 2.24) is 4.57 Å². The Morgan fingerprint density at radius 1 is 1.00 bits per heavy atom. The third-order valence-corrected chi connectivity index (χ3v) is 5.69. The first-order valence-corrected chi connectivity index (χ1v) is 9.03. The molecular formula is C19H14N4O2S. The number of para-hydroxylation sites is 2. The van der Waals surface area contributed by atoms with E-state index in [9.17, 15) is 9.59 Å². The first-order chi connectivity index (χ1) is 12.7. The van der Waals surface area contributed by atoms with Crippen molar-refractivity contribution in [2.75, 3.05) is 16.9 Å². The van der Waals surface area contributed by atoms with E-state index in [0.717, 1.165) is 16.9 Å². The number of fused-ring (bicyclic) bond motifs is 2. The number of nitrogens with zero attached hydrogens (tertiary/aromatic N) is 3. The van der Waals surface area contributed by atoms with E-state index in [0.29, 0.717) is 28.2 Å². The van der Waals surface area contributed by atoms with Crippen molar-refractivity contribution in [2.24, 2.45) is 4.99 Å². The number of thiazole rings is 1. The summed E-state index contributed by atoms with van der Waals surface area (Å²) in [7, 11) is 0. The van der Waals surface area contributed by atoms with Gasteiger partial charge in [0.2, 0.25) is 0 Å². The summed E-state index contributed by atoms with van der Waals surface area (Å²) < 4.78 is 2.08. The molecule has 0 spiro atoms. The van der Waals surface area contributed by atoms with Crippen LogP contribution in [0.4, 0.5) is 11.4 Å². The predicted octanol–water partition coefficient (Wildman–Crippen LogP) is 1.12.